The molecule has 3 aromatic rings. The van der Waals surface area contributed by atoms with Crippen LogP contribution in [0.2, 0.25) is 0 Å². The second kappa shape index (κ2) is 16.4. The Balaban J connectivity index is 1.08. The van der Waals surface area contributed by atoms with Crippen molar-refractivity contribution in [3.05, 3.63) is 88.5 Å². The van der Waals surface area contributed by atoms with E-state index in [2.05, 4.69) is 28.4 Å². The zero-order valence-corrected chi connectivity index (χ0v) is 28.0. The normalized spacial score (nSPS) is 15.6. The van der Waals surface area contributed by atoms with Crippen LogP contribution < -0.4 is 9.84 Å². The fraction of sp³-hybridized carbons (Fsp3) is 0.459. The molecule has 0 radical (unpaired) electrons. The molecular weight excluding hydrogens is 597 g/mol. The zero-order valence-electron chi connectivity index (χ0n) is 27.1. The Labute approximate surface area is 273 Å². The van der Waals surface area contributed by atoms with Crippen LogP contribution in [0.25, 0.3) is 11.1 Å². The Morgan fingerprint density at radius 1 is 0.913 bits per heavy atom. The third-order valence-corrected chi connectivity index (χ3v) is 10.6. The highest BCUT2D eigenvalue weighted by Gasteiger charge is 2.33. The molecule has 244 valence electrons. The van der Waals surface area contributed by atoms with Crippen LogP contribution in [0.3, 0.4) is 0 Å². The van der Waals surface area contributed by atoms with Gasteiger partial charge in [0.2, 0.25) is 0 Å². The van der Waals surface area contributed by atoms with Crippen LogP contribution in [0.4, 0.5) is 0 Å². The Morgan fingerprint density at radius 3 is 2.22 bits per heavy atom. The van der Waals surface area contributed by atoms with Crippen LogP contribution in [-0.4, -0.2) is 50.2 Å². The lowest BCUT2D eigenvalue weighted by molar-refractivity contribution is 0.0952. The number of likely N-dealkylation sites (tertiary alicyclic amines) is 1. The summed E-state index contributed by atoms with van der Waals surface area (Å²) in [4.78, 5) is 15.2. The van der Waals surface area contributed by atoms with Crippen LogP contribution in [0, 0.1) is 11.3 Å². The van der Waals surface area contributed by atoms with Crippen molar-refractivity contribution in [1.82, 2.24) is 10.2 Å². The fourth-order valence-corrected chi connectivity index (χ4v) is 7.79. The van der Waals surface area contributed by atoms with Crippen molar-refractivity contribution in [2.75, 3.05) is 39.4 Å². The van der Waals surface area contributed by atoms with E-state index in [4.69, 9.17) is 18.8 Å². The van der Waals surface area contributed by atoms with E-state index in [1.165, 1.54) is 11.1 Å². The summed E-state index contributed by atoms with van der Waals surface area (Å²) in [5.41, 5.74) is 6.89. The molecule has 3 aromatic carbocycles. The number of carbonyl (C=O) groups excluding carboxylic acids is 1. The van der Waals surface area contributed by atoms with Gasteiger partial charge in [0.05, 0.1) is 24.8 Å². The lowest BCUT2D eigenvalue weighted by atomic mass is 9.83. The summed E-state index contributed by atoms with van der Waals surface area (Å²) >= 11 is 0. The molecule has 1 heterocycles. The summed E-state index contributed by atoms with van der Waals surface area (Å²) in [6.07, 6.45) is 8.17. The van der Waals surface area contributed by atoms with Crippen molar-refractivity contribution in [3.63, 3.8) is 0 Å². The molecule has 2 aliphatic rings. The number of benzene rings is 3. The molecule has 1 N–H and O–H groups in total. The maximum absolute atomic E-state index is 13.4. The number of amides is 1. The maximum atomic E-state index is 13.4. The maximum Gasteiger partial charge on any atom is 0.530 e. The first-order valence-corrected chi connectivity index (χ1v) is 18.2. The summed E-state index contributed by atoms with van der Waals surface area (Å²) in [6.45, 7) is 7.76. The molecule has 0 aromatic heterocycles. The van der Waals surface area contributed by atoms with E-state index < -0.39 is 7.82 Å². The summed E-state index contributed by atoms with van der Waals surface area (Å²) in [7, 11) is -3.69. The van der Waals surface area contributed by atoms with Crippen LogP contribution in [-0.2, 0) is 26.5 Å². The van der Waals surface area contributed by atoms with E-state index in [-0.39, 0.29) is 19.1 Å². The van der Waals surface area contributed by atoms with Crippen molar-refractivity contribution < 1.29 is 22.9 Å². The van der Waals surface area contributed by atoms with Gasteiger partial charge in [0.15, 0.2) is 0 Å². The smallest absolute Gasteiger partial charge is 0.403 e. The molecule has 5 rings (SSSR count). The van der Waals surface area contributed by atoms with Crippen molar-refractivity contribution >= 4 is 13.7 Å². The van der Waals surface area contributed by atoms with Crippen molar-refractivity contribution in [3.8, 4) is 22.9 Å². The van der Waals surface area contributed by atoms with Crippen molar-refractivity contribution in [1.29, 1.82) is 5.26 Å². The van der Waals surface area contributed by atoms with Gasteiger partial charge < -0.3 is 14.7 Å². The van der Waals surface area contributed by atoms with Gasteiger partial charge in [-0.2, -0.15) is 5.26 Å². The number of carbonyl (C=O) groups is 1. The highest BCUT2D eigenvalue weighted by molar-refractivity contribution is 7.48. The first-order chi connectivity index (χ1) is 22.4. The number of hydrogen-bond acceptors (Lipinski definition) is 7. The predicted octanol–water partition coefficient (Wildman–Crippen LogP) is 8.05. The van der Waals surface area contributed by atoms with E-state index in [1.54, 1.807) is 26.0 Å². The van der Waals surface area contributed by atoms with Crippen LogP contribution >= 0.6 is 7.82 Å². The largest absolute Gasteiger partial charge is 0.530 e. The monoisotopic (exact) mass is 643 g/mol. The average molecular weight is 644 g/mol. The lowest BCUT2D eigenvalue weighted by Crippen LogP contribution is -2.34. The first-order valence-electron chi connectivity index (χ1n) is 16.8. The standard InChI is InChI=1S/C37H46N3O5P/c1-3-43-46(42,44-4-2)45-36-34-10-6-5-9-31(34)19-20-35(36)32-21-25-40(26-22-32)24-8-7-23-39-37(41)33-17-15-30(16-18-33)29-13-11-28(27-38)12-14-29/h11-20,32H,3-10,21-26H2,1-2H3,(H,39,41). The van der Waals surface area contributed by atoms with Gasteiger partial charge in [0.25, 0.3) is 5.91 Å². The first kappa shape index (κ1) is 33.9. The summed E-state index contributed by atoms with van der Waals surface area (Å²) in [6, 6.07) is 21.6. The molecule has 0 atom stereocenters. The van der Waals surface area contributed by atoms with Gasteiger partial charge in [-0.25, -0.2) is 4.57 Å². The van der Waals surface area contributed by atoms with Crippen LogP contribution in [0.1, 0.15) is 90.9 Å². The number of rotatable bonds is 14. The number of phosphoric ester groups is 1. The Kier molecular flexibility index (Phi) is 12.1. The molecule has 1 aliphatic carbocycles. The molecule has 0 bridgehead atoms. The highest BCUT2D eigenvalue weighted by atomic mass is 31.2. The Bertz CT molecular complexity index is 1530. The zero-order chi connectivity index (χ0) is 32.4. The molecule has 9 heteroatoms. The molecule has 1 aliphatic heterocycles. The lowest BCUT2D eigenvalue weighted by Gasteiger charge is -2.34. The predicted molar refractivity (Wildman–Crippen MR) is 181 cm³/mol. The van der Waals surface area contributed by atoms with Gasteiger partial charge in [-0.05, 0) is 143 Å². The number of nitrogens with zero attached hydrogens (tertiary/aromatic N) is 2. The second-order valence-electron chi connectivity index (χ2n) is 12.0. The van der Waals surface area contributed by atoms with Gasteiger partial charge in [0.1, 0.15) is 5.75 Å². The molecule has 46 heavy (non-hydrogen) atoms. The van der Waals surface area contributed by atoms with Crippen molar-refractivity contribution in [2.45, 2.75) is 71.1 Å². The summed E-state index contributed by atoms with van der Waals surface area (Å²) < 4.78 is 30.7. The van der Waals surface area contributed by atoms with E-state index in [0.29, 0.717) is 23.6 Å². The molecule has 0 spiro atoms. The van der Waals surface area contributed by atoms with Gasteiger partial charge in [-0.3, -0.25) is 13.8 Å². The summed E-state index contributed by atoms with van der Waals surface area (Å²) in [5, 5.41) is 12.1. The Morgan fingerprint density at radius 2 is 1.57 bits per heavy atom. The number of piperidine rings is 1. The second-order valence-corrected chi connectivity index (χ2v) is 13.6. The number of aryl methyl sites for hydroxylation is 1. The van der Waals surface area contributed by atoms with Crippen molar-refractivity contribution in [2.24, 2.45) is 0 Å². The topological polar surface area (TPSA) is 101 Å². The van der Waals surface area contributed by atoms with Gasteiger partial charge >= 0.3 is 7.82 Å². The number of unbranched alkanes of at least 4 members (excludes halogenated alkanes) is 1. The van der Waals surface area contributed by atoms with E-state index >= 15 is 0 Å². The molecule has 8 nitrogen and oxygen atoms in total. The number of nitriles is 1. The molecule has 0 unspecified atom stereocenters. The third kappa shape index (κ3) is 8.66. The number of fused-ring (bicyclic) bond motifs is 1. The molecule has 0 saturated carbocycles. The SMILES string of the molecule is CCOP(=O)(OCC)Oc1c(C2CCN(CCCCNC(=O)c3ccc(-c4ccc(C#N)cc4)cc3)CC2)ccc2c1CCCC2. The third-order valence-electron chi connectivity index (χ3n) is 9.00. The van der Waals surface area contributed by atoms with Gasteiger partial charge in [-0.1, -0.05) is 36.4 Å². The number of nitrogens with one attached hydrogen (secondary N) is 1. The summed E-state index contributed by atoms with van der Waals surface area (Å²) in [5.74, 6) is 1.01. The number of phosphoric acid groups is 1. The minimum Gasteiger partial charge on any atom is -0.403 e. The van der Waals surface area contributed by atoms with Crippen LogP contribution in [0.15, 0.2) is 60.7 Å². The average Bonchev–Trinajstić information content (AvgIpc) is 3.09. The highest BCUT2D eigenvalue weighted by Crippen LogP contribution is 2.53. The van der Waals surface area contributed by atoms with E-state index in [0.717, 1.165) is 93.4 Å². The van der Waals surface area contributed by atoms with Gasteiger partial charge in [0, 0.05) is 12.1 Å². The minimum absolute atomic E-state index is 0.0616. The molecular formula is C37H46N3O5P. The van der Waals surface area contributed by atoms with E-state index in [1.807, 2.05) is 36.4 Å². The van der Waals surface area contributed by atoms with Crippen LogP contribution in [0.5, 0.6) is 5.75 Å². The minimum atomic E-state index is -3.69. The van der Waals surface area contributed by atoms with E-state index in [9.17, 15) is 9.36 Å². The van der Waals surface area contributed by atoms with Gasteiger partial charge in [-0.15, -0.1) is 0 Å². The Hall–Kier alpha value is -3.47. The quantitative estimate of drug-likeness (QED) is 0.140. The molecule has 1 saturated heterocycles. The molecule has 1 fully saturated rings. The number of hydrogen-bond donors (Lipinski definition) is 1. The fourth-order valence-electron chi connectivity index (χ4n) is 6.54. The molecule has 1 amide bonds.